The van der Waals surface area contributed by atoms with E-state index in [9.17, 15) is 4.79 Å². The lowest BCUT2D eigenvalue weighted by Gasteiger charge is -2.17. The molecule has 1 N–H and O–H groups in total. The minimum atomic E-state index is -0.137. The molecule has 0 unspecified atom stereocenters. The fraction of sp³-hybridized carbons (Fsp3) is 0.250. The van der Waals surface area contributed by atoms with Gasteiger partial charge in [-0.2, -0.15) is 5.10 Å². The molecule has 1 aliphatic rings. The van der Waals surface area contributed by atoms with Crippen molar-refractivity contribution in [2.75, 3.05) is 0 Å². The van der Waals surface area contributed by atoms with Crippen molar-refractivity contribution in [1.29, 1.82) is 0 Å². The summed E-state index contributed by atoms with van der Waals surface area (Å²) in [5.41, 5.74) is 8.01. The first-order valence-electron chi connectivity index (χ1n) is 8.58. The summed E-state index contributed by atoms with van der Waals surface area (Å²) in [6.07, 6.45) is 3.03. The van der Waals surface area contributed by atoms with Crippen LogP contribution in [0.1, 0.15) is 29.8 Å². The lowest BCUT2D eigenvalue weighted by atomic mass is 9.90. The van der Waals surface area contributed by atoms with Crippen molar-refractivity contribution in [1.82, 2.24) is 15.0 Å². The number of imidazole rings is 1. The predicted octanol–water partition coefficient (Wildman–Crippen LogP) is 3.20. The lowest BCUT2D eigenvalue weighted by Crippen LogP contribution is -2.26. The minimum absolute atomic E-state index is 0.137. The van der Waals surface area contributed by atoms with Crippen molar-refractivity contribution in [3.05, 3.63) is 65.5 Å². The van der Waals surface area contributed by atoms with E-state index in [0.717, 1.165) is 47.4 Å². The van der Waals surface area contributed by atoms with Crippen LogP contribution in [-0.4, -0.2) is 21.2 Å². The van der Waals surface area contributed by atoms with Crippen LogP contribution < -0.4 is 5.43 Å². The highest BCUT2D eigenvalue weighted by molar-refractivity contribution is 6.03. The lowest BCUT2D eigenvalue weighted by molar-refractivity contribution is -0.121. The fourth-order valence-electron chi connectivity index (χ4n) is 3.42. The third-order valence-electron chi connectivity index (χ3n) is 4.65. The van der Waals surface area contributed by atoms with E-state index < -0.39 is 0 Å². The summed E-state index contributed by atoms with van der Waals surface area (Å²) in [5.74, 6) is 0.689. The summed E-state index contributed by atoms with van der Waals surface area (Å²) < 4.78 is 1.92. The number of hydrazone groups is 1. The summed E-state index contributed by atoms with van der Waals surface area (Å²) in [4.78, 5) is 16.9. The number of aromatic nitrogens is 2. The summed E-state index contributed by atoms with van der Waals surface area (Å²) in [6, 6.07) is 16.1. The third kappa shape index (κ3) is 3.05. The van der Waals surface area contributed by atoms with Crippen LogP contribution in [0, 0.1) is 6.92 Å². The zero-order valence-electron chi connectivity index (χ0n) is 14.2. The van der Waals surface area contributed by atoms with Gasteiger partial charge in [0.2, 0.25) is 0 Å². The zero-order valence-corrected chi connectivity index (χ0v) is 14.2. The monoisotopic (exact) mass is 332 g/mol. The molecular weight excluding hydrogens is 312 g/mol. The van der Waals surface area contributed by atoms with Crippen LogP contribution in [-0.2, 0) is 17.8 Å². The molecular formula is C20H20N4O. The molecule has 25 heavy (non-hydrogen) atoms. The van der Waals surface area contributed by atoms with Gasteiger partial charge in [0, 0.05) is 5.56 Å². The van der Waals surface area contributed by atoms with Gasteiger partial charge in [-0.15, -0.1) is 0 Å². The molecule has 1 aromatic heterocycles. The Morgan fingerprint density at radius 2 is 1.96 bits per heavy atom. The molecule has 1 amide bonds. The largest absolute Gasteiger partial charge is 0.319 e. The number of nitrogens with one attached hydrogen (secondary N) is 1. The average molecular weight is 332 g/mol. The fourth-order valence-corrected chi connectivity index (χ4v) is 3.42. The van der Waals surface area contributed by atoms with Gasteiger partial charge in [0.15, 0.2) is 0 Å². The van der Waals surface area contributed by atoms with Gasteiger partial charge in [-0.3, -0.25) is 4.79 Å². The second-order valence-electron chi connectivity index (χ2n) is 6.34. The van der Waals surface area contributed by atoms with Gasteiger partial charge in [-0.05, 0) is 43.9 Å². The van der Waals surface area contributed by atoms with Gasteiger partial charge in [-0.1, -0.05) is 36.4 Å². The Balaban J connectivity index is 1.52. The molecule has 0 atom stereocenters. The Hall–Kier alpha value is -2.95. The molecule has 0 saturated carbocycles. The van der Waals surface area contributed by atoms with Crippen molar-refractivity contribution in [3.63, 3.8) is 0 Å². The second-order valence-corrected chi connectivity index (χ2v) is 6.34. The Labute approximate surface area is 146 Å². The van der Waals surface area contributed by atoms with E-state index in [-0.39, 0.29) is 12.5 Å². The zero-order chi connectivity index (χ0) is 17.2. The molecule has 0 radical (unpaired) electrons. The van der Waals surface area contributed by atoms with Gasteiger partial charge in [0.1, 0.15) is 12.4 Å². The minimum Gasteiger partial charge on any atom is -0.319 e. The Bertz CT molecular complexity index is 971. The Kier molecular flexibility index (Phi) is 4.06. The van der Waals surface area contributed by atoms with Crippen LogP contribution in [0.5, 0.6) is 0 Å². The highest BCUT2D eigenvalue weighted by Gasteiger charge is 2.15. The van der Waals surface area contributed by atoms with E-state index in [4.69, 9.17) is 0 Å². The molecule has 126 valence electrons. The van der Waals surface area contributed by atoms with E-state index >= 15 is 0 Å². The summed E-state index contributed by atoms with van der Waals surface area (Å²) in [7, 11) is 0. The first-order valence-corrected chi connectivity index (χ1v) is 8.58. The van der Waals surface area contributed by atoms with Gasteiger partial charge in [0.05, 0.1) is 16.7 Å². The van der Waals surface area contributed by atoms with Gasteiger partial charge in [0.25, 0.3) is 5.91 Å². The van der Waals surface area contributed by atoms with Crippen LogP contribution >= 0.6 is 0 Å². The van der Waals surface area contributed by atoms with E-state index in [1.54, 1.807) is 0 Å². The molecule has 4 rings (SSSR count). The molecule has 1 aliphatic carbocycles. The molecule has 0 aliphatic heterocycles. The number of para-hydroxylation sites is 2. The Morgan fingerprint density at radius 1 is 1.16 bits per heavy atom. The smallest absolute Gasteiger partial charge is 0.260 e. The SMILES string of the molecule is Cc1nc2ccccc2n1CC(=O)NN=C1CCCc2ccccc21. The van der Waals surface area contributed by atoms with E-state index in [1.807, 2.05) is 47.9 Å². The van der Waals surface area contributed by atoms with Crippen LogP contribution in [0.3, 0.4) is 0 Å². The highest BCUT2D eigenvalue weighted by atomic mass is 16.2. The number of nitrogens with zero attached hydrogens (tertiary/aromatic N) is 3. The first-order chi connectivity index (χ1) is 12.2. The molecule has 5 heteroatoms. The molecule has 2 aromatic carbocycles. The average Bonchev–Trinajstić information content (AvgIpc) is 2.95. The van der Waals surface area contributed by atoms with Crippen molar-refractivity contribution >= 4 is 22.7 Å². The summed E-state index contributed by atoms with van der Waals surface area (Å²) in [5, 5.41) is 4.40. The van der Waals surface area contributed by atoms with Crippen LogP contribution in [0.2, 0.25) is 0 Å². The Morgan fingerprint density at radius 3 is 2.88 bits per heavy atom. The standard InChI is InChI=1S/C20H20N4O/c1-14-21-18-10-4-5-12-19(18)24(14)13-20(25)23-22-17-11-6-8-15-7-2-3-9-16(15)17/h2-5,7,9-10,12H,6,8,11,13H2,1H3,(H,23,25). The topological polar surface area (TPSA) is 59.3 Å². The third-order valence-corrected chi connectivity index (χ3v) is 4.65. The number of benzene rings is 2. The number of hydrogen-bond donors (Lipinski definition) is 1. The van der Waals surface area contributed by atoms with Gasteiger partial charge >= 0.3 is 0 Å². The van der Waals surface area contributed by atoms with Crippen molar-refractivity contribution < 1.29 is 4.79 Å². The maximum atomic E-state index is 12.4. The van der Waals surface area contributed by atoms with Crippen molar-refractivity contribution in [3.8, 4) is 0 Å². The number of rotatable bonds is 3. The molecule has 3 aromatic rings. The number of aryl methyl sites for hydroxylation is 2. The van der Waals surface area contributed by atoms with Crippen molar-refractivity contribution in [2.45, 2.75) is 32.7 Å². The summed E-state index contributed by atoms with van der Waals surface area (Å²) in [6.45, 7) is 2.13. The molecule has 1 heterocycles. The molecule has 0 fully saturated rings. The van der Waals surface area contributed by atoms with Gasteiger partial charge in [-0.25, -0.2) is 10.4 Å². The van der Waals surface area contributed by atoms with Crippen LogP contribution in [0.15, 0.2) is 53.6 Å². The number of amides is 1. The normalized spacial score (nSPS) is 15.3. The molecule has 5 nitrogen and oxygen atoms in total. The quantitative estimate of drug-likeness (QED) is 0.749. The number of carbonyl (C=O) groups is 1. The van der Waals surface area contributed by atoms with E-state index in [1.165, 1.54) is 5.56 Å². The second kappa shape index (κ2) is 6.51. The number of carbonyl (C=O) groups excluding carboxylic acids is 1. The van der Waals surface area contributed by atoms with Crippen LogP contribution in [0.25, 0.3) is 11.0 Å². The van der Waals surface area contributed by atoms with Crippen LogP contribution in [0.4, 0.5) is 0 Å². The molecule has 0 spiro atoms. The van der Waals surface area contributed by atoms with E-state index in [2.05, 4.69) is 27.6 Å². The van der Waals surface area contributed by atoms with Gasteiger partial charge < -0.3 is 4.57 Å². The summed E-state index contributed by atoms with van der Waals surface area (Å²) >= 11 is 0. The molecule has 0 bridgehead atoms. The number of hydrogen-bond acceptors (Lipinski definition) is 3. The highest BCUT2D eigenvalue weighted by Crippen LogP contribution is 2.21. The number of fused-ring (bicyclic) bond motifs is 2. The predicted molar refractivity (Wildman–Crippen MR) is 98.5 cm³/mol. The maximum absolute atomic E-state index is 12.4. The molecule has 0 saturated heterocycles. The van der Waals surface area contributed by atoms with Crippen molar-refractivity contribution in [2.24, 2.45) is 5.10 Å². The first kappa shape index (κ1) is 15.6. The maximum Gasteiger partial charge on any atom is 0.260 e. The van der Waals surface area contributed by atoms with E-state index in [0.29, 0.717) is 0 Å².